The van der Waals surface area contributed by atoms with Gasteiger partial charge in [-0.25, -0.2) is 4.79 Å². The number of carboxylic acid groups (broad SMARTS) is 1. The number of amides is 1. The molecule has 1 aromatic rings. The van der Waals surface area contributed by atoms with E-state index in [-0.39, 0.29) is 6.04 Å². The van der Waals surface area contributed by atoms with Gasteiger partial charge >= 0.3 is 6.09 Å². The molecule has 0 fully saturated rings. The van der Waals surface area contributed by atoms with Gasteiger partial charge in [0.25, 0.3) is 0 Å². The molecule has 4 nitrogen and oxygen atoms in total. The van der Waals surface area contributed by atoms with E-state index in [0.717, 1.165) is 18.4 Å². The van der Waals surface area contributed by atoms with Gasteiger partial charge < -0.3 is 16.2 Å². The first-order valence-electron chi connectivity index (χ1n) is 4.54. The maximum atomic E-state index is 10.5. The topological polar surface area (TPSA) is 75.3 Å². The van der Waals surface area contributed by atoms with Crippen LogP contribution in [0.25, 0.3) is 0 Å². The first-order chi connectivity index (χ1) is 6.66. The highest BCUT2D eigenvalue weighted by Gasteiger charge is 2.23. The van der Waals surface area contributed by atoms with Gasteiger partial charge in [-0.2, -0.15) is 0 Å². The summed E-state index contributed by atoms with van der Waals surface area (Å²) in [5.74, 6) is 0. The molecule has 2 rings (SSSR count). The van der Waals surface area contributed by atoms with Gasteiger partial charge in [0.2, 0.25) is 0 Å². The van der Waals surface area contributed by atoms with Crippen molar-refractivity contribution in [1.29, 1.82) is 0 Å². The third-order valence-electron chi connectivity index (χ3n) is 2.55. The number of nitrogens with two attached hydrogens (primary N) is 1. The fraction of sp³-hybridized carbons (Fsp3) is 0.300. The molecule has 1 aliphatic carbocycles. The van der Waals surface area contributed by atoms with Crippen LogP contribution in [0, 0.1) is 0 Å². The lowest BCUT2D eigenvalue weighted by atomic mass is 10.1. The van der Waals surface area contributed by atoms with Crippen molar-refractivity contribution in [1.82, 2.24) is 5.32 Å². The fourth-order valence-electron chi connectivity index (χ4n) is 1.92. The van der Waals surface area contributed by atoms with E-state index in [1.165, 1.54) is 5.56 Å². The monoisotopic (exact) mass is 192 g/mol. The molecule has 4 N–H and O–H groups in total. The molecule has 74 valence electrons. The molecule has 0 spiro atoms. The summed E-state index contributed by atoms with van der Waals surface area (Å²) in [7, 11) is 0. The zero-order chi connectivity index (χ0) is 10.1. The van der Waals surface area contributed by atoms with Crippen LogP contribution in [-0.4, -0.2) is 11.2 Å². The van der Waals surface area contributed by atoms with Crippen LogP contribution < -0.4 is 11.1 Å². The van der Waals surface area contributed by atoms with Gasteiger partial charge in [0.05, 0.1) is 6.04 Å². The summed E-state index contributed by atoms with van der Waals surface area (Å²) in [5, 5.41) is 11.1. The number of fused-ring (bicyclic) bond motifs is 1. The molecule has 0 bridgehead atoms. The lowest BCUT2D eigenvalue weighted by Gasteiger charge is -2.11. The molecule has 1 amide bonds. The Kier molecular flexibility index (Phi) is 2.04. The molecular weight excluding hydrogens is 180 g/mol. The Labute approximate surface area is 81.7 Å². The minimum Gasteiger partial charge on any atom is -0.465 e. The second-order valence-corrected chi connectivity index (χ2v) is 3.50. The third-order valence-corrected chi connectivity index (χ3v) is 2.55. The van der Waals surface area contributed by atoms with Gasteiger partial charge in [-0.1, -0.05) is 6.07 Å². The summed E-state index contributed by atoms with van der Waals surface area (Å²) >= 11 is 0. The summed E-state index contributed by atoms with van der Waals surface area (Å²) in [6, 6.07) is 5.57. The predicted octanol–water partition coefficient (Wildman–Crippen LogP) is 1.52. The molecule has 0 heterocycles. The van der Waals surface area contributed by atoms with Crippen molar-refractivity contribution in [3.63, 3.8) is 0 Å². The molecule has 0 saturated heterocycles. The van der Waals surface area contributed by atoms with Crippen LogP contribution >= 0.6 is 0 Å². The molecular formula is C10H12N2O2. The van der Waals surface area contributed by atoms with Crippen LogP contribution in [0.15, 0.2) is 18.2 Å². The molecule has 0 saturated carbocycles. The van der Waals surface area contributed by atoms with Gasteiger partial charge in [0.1, 0.15) is 0 Å². The van der Waals surface area contributed by atoms with Crippen LogP contribution in [0.5, 0.6) is 0 Å². The van der Waals surface area contributed by atoms with Crippen molar-refractivity contribution in [2.45, 2.75) is 18.9 Å². The van der Waals surface area contributed by atoms with Gasteiger partial charge in [-0.3, -0.25) is 0 Å². The Morgan fingerprint density at radius 3 is 3.07 bits per heavy atom. The van der Waals surface area contributed by atoms with Gasteiger partial charge in [-0.15, -0.1) is 0 Å². The van der Waals surface area contributed by atoms with E-state index in [1.54, 1.807) is 0 Å². The molecule has 1 unspecified atom stereocenters. The van der Waals surface area contributed by atoms with E-state index in [1.807, 2.05) is 18.2 Å². The number of nitrogens with one attached hydrogen (secondary N) is 1. The van der Waals surface area contributed by atoms with Crippen LogP contribution in [-0.2, 0) is 6.42 Å². The second-order valence-electron chi connectivity index (χ2n) is 3.50. The largest absolute Gasteiger partial charge is 0.465 e. The molecule has 0 aliphatic heterocycles. The number of carbonyl (C=O) groups is 1. The van der Waals surface area contributed by atoms with Gasteiger partial charge in [0, 0.05) is 5.69 Å². The standard InChI is InChI=1S/C10H12N2O2/c11-7-3-1-6-2-4-9(8(6)5-7)12-10(13)14/h1,3,5,9,12H,2,4,11H2,(H,13,14). The Balaban J connectivity index is 2.28. The predicted molar refractivity (Wildman–Crippen MR) is 53.1 cm³/mol. The van der Waals surface area contributed by atoms with Crippen LogP contribution in [0.1, 0.15) is 23.6 Å². The van der Waals surface area contributed by atoms with E-state index in [0.29, 0.717) is 5.69 Å². The van der Waals surface area contributed by atoms with Crippen molar-refractivity contribution in [3.05, 3.63) is 29.3 Å². The lowest BCUT2D eigenvalue weighted by Crippen LogP contribution is -2.24. The van der Waals surface area contributed by atoms with Crippen LogP contribution in [0.2, 0.25) is 0 Å². The summed E-state index contributed by atoms with van der Waals surface area (Å²) < 4.78 is 0. The zero-order valence-corrected chi connectivity index (χ0v) is 7.66. The molecule has 0 aromatic heterocycles. The van der Waals surface area contributed by atoms with Gasteiger partial charge in [0.15, 0.2) is 0 Å². The maximum Gasteiger partial charge on any atom is 0.405 e. The van der Waals surface area contributed by atoms with E-state index in [2.05, 4.69) is 5.32 Å². The smallest absolute Gasteiger partial charge is 0.405 e. The highest BCUT2D eigenvalue weighted by molar-refractivity contribution is 5.66. The normalized spacial score (nSPS) is 19.0. The first-order valence-corrected chi connectivity index (χ1v) is 4.54. The number of rotatable bonds is 1. The summed E-state index contributed by atoms with van der Waals surface area (Å²) in [6.45, 7) is 0. The number of aryl methyl sites for hydroxylation is 1. The summed E-state index contributed by atoms with van der Waals surface area (Å²) in [5.41, 5.74) is 8.55. The maximum absolute atomic E-state index is 10.5. The van der Waals surface area contributed by atoms with Crippen LogP contribution in [0.4, 0.5) is 10.5 Å². The van der Waals surface area contributed by atoms with Crippen molar-refractivity contribution in [2.75, 3.05) is 5.73 Å². The van der Waals surface area contributed by atoms with E-state index in [4.69, 9.17) is 10.8 Å². The third kappa shape index (κ3) is 1.51. The van der Waals surface area contributed by atoms with E-state index in [9.17, 15) is 4.79 Å². The first kappa shape index (κ1) is 8.87. The minimum absolute atomic E-state index is 0.0917. The Bertz CT molecular complexity index is 376. The average Bonchev–Trinajstić information content (AvgIpc) is 2.47. The number of hydrogen-bond donors (Lipinski definition) is 3. The number of benzene rings is 1. The SMILES string of the molecule is Nc1ccc2c(c1)C(NC(=O)O)CC2. The highest BCUT2D eigenvalue weighted by atomic mass is 16.4. The molecule has 0 radical (unpaired) electrons. The van der Waals surface area contributed by atoms with E-state index >= 15 is 0 Å². The summed E-state index contributed by atoms with van der Waals surface area (Å²) in [4.78, 5) is 10.5. The quantitative estimate of drug-likeness (QED) is 0.590. The van der Waals surface area contributed by atoms with Crippen molar-refractivity contribution < 1.29 is 9.90 Å². The van der Waals surface area contributed by atoms with Crippen molar-refractivity contribution >= 4 is 11.8 Å². The van der Waals surface area contributed by atoms with Crippen molar-refractivity contribution in [2.24, 2.45) is 0 Å². The molecule has 14 heavy (non-hydrogen) atoms. The molecule has 1 aromatic carbocycles. The fourth-order valence-corrected chi connectivity index (χ4v) is 1.92. The molecule has 4 heteroatoms. The molecule has 1 atom stereocenters. The highest BCUT2D eigenvalue weighted by Crippen LogP contribution is 2.32. The minimum atomic E-state index is -0.981. The summed E-state index contributed by atoms with van der Waals surface area (Å²) in [6.07, 6.45) is 0.760. The zero-order valence-electron chi connectivity index (χ0n) is 7.66. The average molecular weight is 192 g/mol. The second kappa shape index (κ2) is 3.21. The Hall–Kier alpha value is -1.71. The Morgan fingerprint density at radius 2 is 2.36 bits per heavy atom. The number of anilines is 1. The van der Waals surface area contributed by atoms with Crippen molar-refractivity contribution in [3.8, 4) is 0 Å². The lowest BCUT2D eigenvalue weighted by molar-refractivity contribution is 0.190. The Morgan fingerprint density at radius 1 is 1.57 bits per heavy atom. The number of nitrogen functional groups attached to an aromatic ring is 1. The van der Waals surface area contributed by atoms with Crippen LogP contribution in [0.3, 0.4) is 0 Å². The van der Waals surface area contributed by atoms with E-state index < -0.39 is 6.09 Å². The number of hydrogen-bond acceptors (Lipinski definition) is 2. The molecule has 1 aliphatic rings. The van der Waals surface area contributed by atoms with Gasteiger partial charge in [-0.05, 0) is 36.1 Å².